The van der Waals surface area contributed by atoms with Crippen LogP contribution in [0.5, 0.6) is 5.75 Å². The van der Waals surface area contributed by atoms with Gasteiger partial charge >= 0.3 is 11.9 Å². The van der Waals surface area contributed by atoms with Crippen molar-refractivity contribution in [3.05, 3.63) is 29.8 Å². The van der Waals surface area contributed by atoms with Crippen LogP contribution in [0.15, 0.2) is 24.3 Å². The van der Waals surface area contributed by atoms with Gasteiger partial charge in [0.25, 0.3) is 0 Å². The summed E-state index contributed by atoms with van der Waals surface area (Å²) >= 11 is 0. The average molecular weight is 251 g/mol. The lowest BCUT2D eigenvalue weighted by atomic mass is 10.1. The first kappa shape index (κ1) is 14.2. The summed E-state index contributed by atoms with van der Waals surface area (Å²) in [6, 6.07) is 5.48. The van der Waals surface area contributed by atoms with E-state index in [2.05, 4.69) is 4.74 Å². The average Bonchev–Trinajstić information content (AvgIpc) is 2.37. The molecule has 1 aromatic carbocycles. The first-order chi connectivity index (χ1) is 8.45. The van der Waals surface area contributed by atoms with E-state index in [0.717, 1.165) is 0 Å². The van der Waals surface area contributed by atoms with Crippen LogP contribution in [0.25, 0.3) is 0 Å². The van der Waals surface area contributed by atoms with E-state index in [1.54, 1.807) is 26.0 Å². The Morgan fingerprint density at radius 3 is 2.17 bits per heavy atom. The molecule has 0 fully saturated rings. The first-order valence-electron chi connectivity index (χ1n) is 5.61. The number of carbonyl (C=O) groups is 2. The second-order valence-electron chi connectivity index (χ2n) is 4.21. The fraction of sp³-hybridized carbons (Fsp3) is 0.385. The SMILES string of the molecule is COc1ccc(C(=O)OC(=O)[C@@H](N)C(C)C)cc1. The maximum absolute atomic E-state index is 11.6. The van der Waals surface area contributed by atoms with Crippen LogP contribution >= 0.6 is 0 Å². The molecule has 0 unspecified atom stereocenters. The van der Waals surface area contributed by atoms with Crippen molar-refractivity contribution in [1.29, 1.82) is 0 Å². The zero-order valence-corrected chi connectivity index (χ0v) is 10.7. The Morgan fingerprint density at radius 2 is 1.72 bits per heavy atom. The third-order valence-corrected chi connectivity index (χ3v) is 2.51. The summed E-state index contributed by atoms with van der Waals surface area (Å²) in [5, 5.41) is 0. The van der Waals surface area contributed by atoms with Crippen LogP contribution in [-0.2, 0) is 9.53 Å². The van der Waals surface area contributed by atoms with E-state index in [0.29, 0.717) is 5.75 Å². The van der Waals surface area contributed by atoms with Gasteiger partial charge in [0.1, 0.15) is 11.8 Å². The number of carbonyl (C=O) groups excluding carboxylic acids is 2. The minimum atomic E-state index is -0.799. The monoisotopic (exact) mass is 251 g/mol. The molecule has 0 aliphatic carbocycles. The number of rotatable bonds is 4. The maximum atomic E-state index is 11.6. The molecule has 2 N–H and O–H groups in total. The lowest BCUT2D eigenvalue weighted by Gasteiger charge is -2.13. The third kappa shape index (κ3) is 3.56. The normalized spacial score (nSPS) is 12.1. The second-order valence-corrected chi connectivity index (χ2v) is 4.21. The van der Waals surface area contributed by atoms with Gasteiger partial charge in [0.05, 0.1) is 12.7 Å². The molecular formula is C13H17NO4. The van der Waals surface area contributed by atoms with Crippen molar-refractivity contribution < 1.29 is 19.1 Å². The molecule has 0 amide bonds. The Morgan fingerprint density at radius 1 is 1.17 bits per heavy atom. The maximum Gasteiger partial charge on any atom is 0.345 e. The predicted molar refractivity (Wildman–Crippen MR) is 66.2 cm³/mol. The number of nitrogens with two attached hydrogens (primary N) is 1. The molecule has 5 nitrogen and oxygen atoms in total. The van der Waals surface area contributed by atoms with Crippen LogP contribution in [0.2, 0.25) is 0 Å². The number of hydrogen-bond donors (Lipinski definition) is 1. The minimum absolute atomic E-state index is 0.0823. The second kappa shape index (κ2) is 6.16. The fourth-order valence-corrected chi connectivity index (χ4v) is 1.22. The fourth-order valence-electron chi connectivity index (χ4n) is 1.22. The molecule has 0 aliphatic heterocycles. The molecule has 0 saturated carbocycles. The summed E-state index contributed by atoms with van der Waals surface area (Å²) in [4.78, 5) is 23.1. The van der Waals surface area contributed by atoms with Gasteiger partial charge in [-0.15, -0.1) is 0 Å². The Labute approximate surface area is 106 Å². The molecule has 0 heterocycles. The van der Waals surface area contributed by atoms with Gasteiger partial charge in [0.15, 0.2) is 0 Å². The molecule has 1 atom stereocenters. The highest BCUT2D eigenvalue weighted by Gasteiger charge is 2.22. The van der Waals surface area contributed by atoms with Crippen molar-refractivity contribution in [2.45, 2.75) is 19.9 Å². The summed E-state index contributed by atoms with van der Waals surface area (Å²) < 4.78 is 9.65. The lowest BCUT2D eigenvalue weighted by Crippen LogP contribution is -2.38. The lowest BCUT2D eigenvalue weighted by molar-refractivity contribution is -0.140. The smallest absolute Gasteiger partial charge is 0.345 e. The van der Waals surface area contributed by atoms with E-state index in [9.17, 15) is 9.59 Å². The van der Waals surface area contributed by atoms with Crippen LogP contribution in [0.1, 0.15) is 24.2 Å². The van der Waals surface area contributed by atoms with Crippen molar-refractivity contribution >= 4 is 11.9 Å². The Balaban J connectivity index is 2.67. The van der Waals surface area contributed by atoms with Gasteiger partial charge in [-0.2, -0.15) is 0 Å². The summed E-state index contributed by atoms with van der Waals surface area (Å²) in [6.45, 7) is 3.56. The Bertz CT molecular complexity index is 425. The van der Waals surface area contributed by atoms with Crippen LogP contribution in [0.3, 0.4) is 0 Å². The molecule has 0 bridgehead atoms. The topological polar surface area (TPSA) is 78.6 Å². The summed E-state index contributed by atoms with van der Waals surface area (Å²) in [5.41, 5.74) is 5.86. The highest BCUT2D eigenvalue weighted by molar-refractivity contribution is 5.98. The van der Waals surface area contributed by atoms with Crippen molar-refractivity contribution in [3.63, 3.8) is 0 Å². The molecular weight excluding hydrogens is 234 g/mol. The number of ether oxygens (including phenoxy) is 2. The zero-order valence-electron chi connectivity index (χ0n) is 10.7. The third-order valence-electron chi connectivity index (χ3n) is 2.51. The summed E-state index contributed by atoms with van der Waals surface area (Å²) in [7, 11) is 1.53. The molecule has 0 aromatic heterocycles. The van der Waals surface area contributed by atoms with E-state index in [-0.39, 0.29) is 11.5 Å². The number of methoxy groups -OCH3 is 1. The molecule has 0 saturated heterocycles. The van der Waals surface area contributed by atoms with Gasteiger partial charge in [-0.1, -0.05) is 13.8 Å². The van der Waals surface area contributed by atoms with Gasteiger partial charge in [-0.3, -0.25) is 0 Å². The highest BCUT2D eigenvalue weighted by atomic mass is 16.6. The van der Waals surface area contributed by atoms with E-state index < -0.39 is 18.0 Å². The molecule has 1 aromatic rings. The summed E-state index contributed by atoms with van der Waals surface area (Å²) in [5.74, 6) is -0.887. The van der Waals surface area contributed by atoms with E-state index in [1.807, 2.05) is 0 Å². The Hall–Kier alpha value is -1.88. The van der Waals surface area contributed by atoms with Crippen molar-refractivity contribution in [2.24, 2.45) is 11.7 Å². The zero-order chi connectivity index (χ0) is 13.7. The quantitative estimate of drug-likeness (QED) is 0.645. The van der Waals surface area contributed by atoms with Crippen molar-refractivity contribution in [2.75, 3.05) is 7.11 Å². The van der Waals surface area contributed by atoms with Gasteiger partial charge in [0.2, 0.25) is 0 Å². The molecule has 18 heavy (non-hydrogen) atoms. The first-order valence-corrected chi connectivity index (χ1v) is 5.61. The molecule has 98 valence electrons. The molecule has 0 radical (unpaired) electrons. The van der Waals surface area contributed by atoms with Crippen molar-refractivity contribution in [3.8, 4) is 5.75 Å². The van der Waals surface area contributed by atoms with E-state index in [1.165, 1.54) is 19.2 Å². The number of hydrogen-bond acceptors (Lipinski definition) is 5. The number of esters is 2. The molecule has 0 aliphatic rings. The van der Waals surface area contributed by atoms with Crippen LogP contribution in [-0.4, -0.2) is 25.1 Å². The van der Waals surface area contributed by atoms with E-state index >= 15 is 0 Å². The largest absolute Gasteiger partial charge is 0.497 e. The number of benzene rings is 1. The van der Waals surface area contributed by atoms with Gasteiger partial charge in [-0.05, 0) is 30.2 Å². The minimum Gasteiger partial charge on any atom is -0.497 e. The molecule has 1 rings (SSSR count). The van der Waals surface area contributed by atoms with Crippen LogP contribution < -0.4 is 10.5 Å². The summed E-state index contributed by atoms with van der Waals surface area (Å²) in [6.07, 6.45) is 0. The standard InChI is InChI=1S/C13H17NO4/c1-8(2)11(14)13(16)18-12(15)9-4-6-10(17-3)7-5-9/h4-8,11H,14H2,1-3H3/t11-/m0/s1. The Kier molecular flexibility index (Phi) is 4.85. The van der Waals surface area contributed by atoms with E-state index in [4.69, 9.17) is 10.5 Å². The molecule has 5 heteroatoms. The van der Waals surface area contributed by atoms with Gasteiger partial charge in [0, 0.05) is 0 Å². The van der Waals surface area contributed by atoms with Gasteiger partial charge < -0.3 is 15.2 Å². The highest BCUT2D eigenvalue weighted by Crippen LogP contribution is 2.12. The molecule has 0 spiro atoms. The van der Waals surface area contributed by atoms with Crippen LogP contribution in [0.4, 0.5) is 0 Å². The van der Waals surface area contributed by atoms with Crippen molar-refractivity contribution in [1.82, 2.24) is 0 Å². The van der Waals surface area contributed by atoms with Crippen LogP contribution in [0, 0.1) is 5.92 Å². The van der Waals surface area contributed by atoms with Gasteiger partial charge in [-0.25, -0.2) is 9.59 Å². The predicted octanol–water partition coefficient (Wildman–Crippen LogP) is 1.36.